The zero-order valence-corrected chi connectivity index (χ0v) is 17.3. The maximum absolute atomic E-state index is 11.2. The number of oxazole rings is 1. The number of aryl methyl sites for hydroxylation is 1. The third-order valence-corrected chi connectivity index (χ3v) is 4.71. The predicted octanol–water partition coefficient (Wildman–Crippen LogP) is 5.27. The molecule has 0 aliphatic heterocycles. The van der Waals surface area contributed by atoms with Crippen LogP contribution in [0.1, 0.15) is 18.1 Å². The van der Waals surface area contributed by atoms with Crippen molar-refractivity contribution >= 4 is 28.7 Å². The van der Waals surface area contributed by atoms with Crippen LogP contribution in [0.2, 0.25) is 0 Å². The summed E-state index contributed by atoms with van der Waals surface area (Å²) in [6, 6.07) is 12.5. The van der Waals surface area contributed by atoms with Gasteiger partial charge in [-0.2, -0.15) is 0 Å². The number of hydrogen-bond donors (Lipinski definition) is 2. The monoisotopic (exact) mass is 433 g/mol. The molecule has 1 heterocycles. The van der Waals surface area contributed by atoms with Gasteiger partial charge in [-0.1, -0.05) is 6.07 Å². The Morgan fingerprint density at radius 1 is 1.19 bits per heavy atom. The Kier molecular flexibility index (Phi) is 5.46. The molecule has 0 fully saturated rings. The van der Waals surface area contributed by atoms with E-state index in [9.17, 15) is 20.3 Å². The van der Waals surface area contributed by atoms with Crippen molar-refractivity contribution in [1.29, 1.82) is 0 Å². The number of aromatic nitrogens is 1. The predicted molar refractivity (Wildman–Crippen MR) is 119 cm³/mol. The Labute approximate surface area is 182 Å². The van der Waals surface area contributed by atoms with Crippen molar-refractivity contribution in [2.24, 2.45) is 4.99 Å². The number of aromatic hydroxyl groups is 2. The molecular formula is C23H19N3O6. The summed E-state index contributed by atoms with van der Waals surface area (Å²) in [4.78, 5) is 19.3. The van der Waals surface area contributed by atoms with E-state index in [0.717, 1.165) is 11.6 Å². The van der Waals surface area contributed by atoms with Crippen molar-refractivity contribution in [2.45, 2.75) is 13.8 Å². The summed E-state index contributed by atoms with van der Waals surface area (Å²) in [5, 5.41) is 31.9. The largest absolute Gasteiger partial charge is 0.507 e. The second-order valence-electron chi connectivity index (χ2n) is 7.02. The summed E-state index contributed by atoms with van der Waals surface area (Å²) in [6.07, 6.45) is 1.29. The molecule has 0 aliphatic carbocycles. The Hall–Kier alpha value is -4.40. The zero-order valence-electron chi connectivity index (χ0n) is 17.3. The van der Waals surface area contributed by atoms with Gasteiger partial charge < -0.3 is 19.4 Å². The van der Waals surface area contributed by atoms with Crippen molar-refractivity contribution in [3.63, 3.8) is 0 Å². The molecule has 9 heteroatoms. The van der Waals surface area contributed by atoms with Gasteiger partial charge in [0.05, 0.1) is 28.8 Å². The lowest BCUT2D eigenvalue weighted by molar-refractivity contribution is -0.385. The van der Waals surface area contributed by atoms with Crippen molar-refractivity contribution < 1.29 is 24.3 Å². The van der Waals surface area contributed by atoms with Crippen LogP contribution in [0, 0.1) is 17.0 Å². The minimum Gasteiger partial charge on any atom is -0.507 e. The summed E-state index contributed by atoms with van der Waals surface area (Å²) in [5.41, 5.74) is 2.91. The van der Waals surface area contributed by atoms with E-state index in [1.54, 1.807) is 19.1 Å². The van der Waals surface area contributed by atoms with Gasteiger partial charge in [-0.25, -0.2) is 4.98 Å². The maximum Gasteiger partial charge on any atom is 0.274 e. The van der Waals surface area contributed by atoms with Crippen LogP contribution in [0.4, 0.5) is 11.4 Å². The van der Waals surface area contributed by atoms with Gasteiger partial charge >= 0.3 is 0 Å². The fourth-order valence-corrected chi connectivity index (χ4v) is 3.15. The number of aliphatic imine (C=N–C) groups is 1. The average Bonchev–Trinajstić information content (AvgIpc) is 3.18. The molecule has 0 unspecified atom stereocenters. The molecule has 0 bridgehead atoms. The SMILES string of the molecule is CCOc1cc([N+](=O)[O-])cc(C=Nc2ccc(O)c(-c3nc4ccc(C)cc4o3)c2)c1O. The van der Waals surface area contributed by atoms with Crippen LogP contribution in [0.3, 0.4) is 0 Å². The highest BCUT2D eigenvalue weighted by Gasteiger charge is 2.17. The van der Waals surface area contributed by atoms with Crippen LogP contribution in [0.15, 0.2) is 57.9 Å². The summed E-state index contributed by atoms with van der Waals surface area (Å²) in [5.74, 6) is -0.0631. The normalized spacial score (nSPS) is 11.3. The first kappa shape index (κ1) is 20.9. The van der Waals surface area contributed by atoms with Crippen LogP contribution >= 0.6 is 0 Å². The zero-order chi connectivity index (χ0) is 22.8. The van der Waals surface area contributed by atoms with Crippen LogP contribution in [0.5, 0.6) is 17.2 Å². The highest BCUT2D eigenvalue weighted by atomic mass is 16.6. The van der Waals surface area contributed by atoms with Gasteiger partial charge in [-0.05, 0) is 49.7 Å². The first-order chi connectivity index (χ1) is 15.4. The number of nitro groups is 1. The van der Waals surface area contributed by atoms with E-state index in [0.29, 0.717) is 22.4 Å². The smallest absolute Gasteiger partial charge is 0.274 e. The van der Waals surface area contributed by atoms with Crippen molar-refractivity contribution in [3.05, 3.63) is 69.8 Å². The topological polar surface area (TPSA) is 131 Å². The molecule has 0 radical (unpaired) electrons. The highest BCUT2D eigenvalue weighted by molar-refractivity contribution is 5.88. The number of nitro benzene ring substituents is 1. The summed E-state index contributed by atoms with van der Waals surface area (Å²) >= 11 is 0. The highest BCUT2D eigenvalue weighted by Crippen LogP contribution is 2.36. The molecule has 4 aromatic rings. The molecule has 4 rings (SSSR count). The molecule has 0 aliphatic rings. The Morgan fingerprint density at radius 3 is 2.75 bits per heavy atom. The number of phenolic OH excluding ortho intramolecular Hbond substituents is 2. The number of nitrogens with zero attached hydrogens (tertiary/aromatic N) is 3. The fraction of sp³-hybridized carbons (Fsp3) is 0.130. The van der Waals surface area contributed by atoms with Gasteiger partial charge in [0.2, 0.25) is 5.89 Å². The van der Waals surface area contributed by atoms with Gasteiger partial charge in [-0.3, -0.25) is 15.1 Å². The van der Waals surface area contributed by atoms with Gasteiger partial charge in [0, 0.05) is 17.8 Å². The van der Waals surface area contributed by atoms with E-state index in [1.165, 1.54) is 18.3 Å². The number of ether oxygens (including phenoxy) is 1. The molecule has 0 spiro atoms. The Morgan fingerprint density at radius 2 is 2.00 bits per heavy atom. The second-order valence-corrected chi connectivity index (χ2v) is 7.02. The van der Waals surface area contributed by atoms with E-state index < -0.39 is 4.92 Å². The molecule has 0 atom stereocenters. The van der Waals surface area contributed by atoms with Crippen LogP contribution in [-0.4, -0.2) is 32.9 Å². The van der Waals surface area contributed by atoms with Gasteiger partial charge in [-0.15, -0.1) is 0 Å². The fourth-order valence-electron chi connectivity index (χ4n) is 3.15. The standard InChI is InChI=1S/C23H19N3O6/c1-3-31-21-11-16(26(29)30)9-14(22(21)28)12-24-15-5-7-19(27)17(10-15)23-25-18-6-4-13(2)8-20(18)32-23/h4-12,27-28H,3H2,1-2H3. The minimum absolute atomic E-state index is 0.00341. The summed E-state index contributed by atoms with van der Waals surface area (Å²) in [7, 11) is 0. The van der Waals surface area contributed by atoms with Crippen LogP contribution in [-0.2, 0) is 0 Å². The lowest BCUT2D eigenvalue weighted by Crippen LogP contribution is -1.97. The number of rotatable bonds is 6. The number of fused-ring (bicyclic) bond motifs is 1. The molecule has 162 valence electrons. The summed E-state index contributed by atoms with van der Waals surface area (Å²) in [6.45, 7) is 3.88. The van der Waals surface area contributed by atoms with Crippen molar-refractivity contribution in [2.75, 3.05) is 6.61 Å². The van der Waals surface area contributed by atoms with Gasteiger partial charge in [0.1, 0.15) is 11.3 Å². The van der Waals surface area contributed by atoms with E-state index >= 15 is 0 Å². The molecule has 1 aromatic heterocycles. The maximum atomic E-state index is 11.2. The molecular weight excluding hydrogens is 414 g/mol. The minimum atomic E-state index is -0.576. The molecule has 9 nitrogen and oxygen atoms in total. The molecule has 0 saturated carbocycles. The molecule has 0 amide bonds. The molecule has 3 aromatic carbocycles. The average molecular weight is 433 g/mol. The van der Waals surface area contributed by atoms with E-state index in [-0.39, 0.29) is 41.0 Å². The van der Waals surface area contributed by atoms with Crippen molar-refractivity contribution in [1.82, 2.24) is 4.98 Å². The van der Waals surface area contributed by atoms with Gasteiger partial charge in [0.25, 0.3) is 5.69 Å². The molecule has 2 N–H and O–H groups in total. The van der Waals surface area contributed by atoms with E-state index in [1.807, 2.05) is 25.1 Å². The first-order valence-corrected chi connectivity index (χ1v) is 9.74. The number of phenols is 2. The van der Waals surface area contributed by atoms with Gasteiger partial charge in [0.15, 0.2) is 17.1 Å². The van der Waals surface area contributed by atoms with E-state index in [4.69, 9.17) is 9.15 Å². The number of hydrogen-bond acceptors (Lipinski definition) is 8. The second kappa shape index (κ2) is 8.38. The first-order valence-electron chi connectivity index (χ1n) is 9.74. The Balaban J connectivity index is 1.72. The quantitative estimate of drug-likeness (QED) is 0.240. The molecule has 0 saturated heterocycles. The molecule has 32 heavy (non-hydrogen) atoms. The number of non-ortho nitro benzene ring substituents is 1. The third kappa shape index (κ3) is 4.08. The third-order valence-electron chi connectivity index (χ3n) is 4.71. The van der Waals surface area contributed by atoms with Crippen LogP contribution in [0.25, 0.3) is 22.6 Å². The van der Waals surface area contributed by atoms with Crippen molar-refractivity contribution in [3.8, 4) is 28.7 Å². The number of benzene rings is 3. The lowest BCUT2D eigenvalue weighted by Gasteiger charge is -2.08. The lowest BCUT2D eigenvalue weighted by atomic mass is 10.1. The van der Waals surface area contributed by atoms with Crippen LogP contribution < -0.4 is 4.74 Å². The van der Waals surface area contributed by atoms with E-state index in [2.05, 4.69) is 9.98 Å². The summed E-state index contributed by atoms with van der Waals surface area (Å²) < 4.78 is 11.1. The Bertz CT molecular complexity index is 1360.